The molecule has 18 nitrogen and oxygen atoms in total. The third kappa shape index (κ3) is 12.3. The second kappa shape index (κ2) is 19.4. The van der Waals surface area contributed by atoms with E-state index in [2.05, 4.69) is 9.97 Å². The number of hydrogen-bond donors (Lipinski definition) is 12. The van der Waals surface area contributed by atoms with Gasteiger partial charge in [0.25, 0.3) is 5.91 Å². The van der Waals surface area contributed by atoms with Gasteiger partial charge in [-0.25, -0.2) is 9.97 Å². The molecular formula is C28H45ClN8O10. The predicted molar refractivity (Wildman–Crippen MR) is 170 cm³/mol. The second-order valence-electron chi connectivity index (χ2n) is 10.8. The highest BCUT2D eigenvalue weighted by Crippen LogP contribution is 2.19. The maximum absolute atomic E-state index is 12.9. The number of benzene rings is 1. The zero-order chi connectivity index (χ0) is 35.3. The Labute approximate surface area is 276 Å². The number of aryl methyl sites for hydroxylation is 1. The minimum absolute atomic E-state index is 0.0408. The van der Waals surface area contributed by atoms with Crippen LogP contribution in [0.15, 0.2) is 24.3 Å². The number of anilines is 2. The van der Waals surface area contributed by atoms with Gasteiger partial charge in [-0.2, -0.15) is 0 Å². The van der Waals surface area contributed by atoms with Gasteiger partial charge in [0.2, 0.25) is 0 Å². The first-order valence-electron chi connectivity index (χ1n) is 14.7. The molecule has 0 aliphatic heterocycles. The third-order valence-electron chi connectivity index (χ3n) is 7.18. The summed E-state index contributed by atoms with van der Waals surface area (Å²) in [6, 6.07) is 7.12. The summed E-state index contributed by atoms with van der Waals surface area (Å²) < 4.78 is 5.76. The minimum Gasteiger partial charge on any atom is -0.492 e. The van der Waals surface area contributed by atoms with Gasteiger partial charge in [-0.15, -0.1) is 0 Å². The summed E-state index contributed by atoms with van der Waals surface area (Å²) in [5.41, 5.74) is 17.6. The topological polar surface area (TPSA) is 322 Å². The molecule has 15 N–H and O–H groups in total. The fourth-order valence-electron chi connectivity index (χ4n) is 4.43. The van der Waals surface area contributed by atoms with Gasteiger partial charge in [-0.3, -0.25) is 20.0 Å². The number of nitrogen functional groups attached to an aromatic ring is 2. The molecule has 47 heavy (non-hydrogen) atoms. The van der Waals surface area contributed by atoms with Crippen molar-refractivity contribution >= 4 is 35.1 Å². The number of aromatic nitrogens is 2. The van der Waals surface area contributed by atoms with E-state index in [1.54, 1.807) is 12.1 Å². The quantitative estimate of drug-likeness (QED) is 0.0364. The molecule has 0 aliphatic carbocycles. The third-order valence-corrected chi connectivity index (χ3v) is 7.46. The first kappa shape index (κ1) is 39.7. The van der Waals surface area contributed by atoms with Crippen molar-refractivity contribution in [2.75, 3.05) is 57.5 Å². The monoisotopic (exact) mass is 688 g/mol. The Hall–Kier alpha value is -3.43. The number of nitrogens with zero attached hydrogens (tertiary/aromatic N) is 4. The van der Waals surface area contributed by atoms with Crippen LogP contribution < -0.4 is 21.9 Å². The zero-order valence-electron chi connectivity index (χ0n) is 25.6. The van der Waals surface area contributed by atoms with Crippen molar-refractivity contribution in [3.05, 3.63) is 40.7 Å². The number of hydrogen-bond acceptors (Lipinski definition) is 16. The van der Waals surface area contributed by atoms with E-state index >= 15 is 0 Å². The summed E-state index contributed by atoms with van der Waals surface area (Å²) in [5, 5.41) is 85.6. The largest absolute Gasteiger partial charge is 0.492 e. The molecule has 0 bridgehead atoms. The first-order valence-corrected chi connectivity index (χ1v) is 15.1. The van der Waals surface area contributed by atoms with Gasteiger partial charge in [0, 0.05) is 26.2 Å². The highest BCUT2D eigenvalue weighted by molar-refractivity contribution is 6.31. The Bertz CT molecular complexity index is 1260. The molecule has 0 unspecified atom stereocenters. The lowest BCUT2D eigenvalue weighted by atomic mass is 10.1. The summed E-state index contributed by atoms with van der Waals surface area (Å²) in [6.45, 7) is -1.93. The number of carbonyl (C=O) groups is 1. The molecule has 1 heterocycles. The summed E-state index contributed by atoms with van der Waals surface area (Å²) in [5.74, 6) is -1.09. The lowest BCUT2D eigenvalue weighted by Gasteiger charge is -2.32. The number of nitrogens with two attached hydrogens (primary N) is 3. The normalized spacial score (nSPS) is 15.4. The van der Waals surface area contributed by atoms with Crippen molar-refractivity contribution in [3.8, 4) is 5.75 Å². The Morgan fingerprint density at radius 2 is 1.40 bits per heavy atom. The summed E-state index contributed by atoms with van der Waals surface area (Å²) in [7, 11) is 0. The summed E-state index contributed by atoms with van der Waals surface area (Å²) >= 11 is 5.86. The zero-order valence-corrected chi connectivity index (χ0v) is 26.4. The van der Waals surface area contributed by atoms with Crippen LogP contribution in [0, 0.1) is 5.41 Å². The van der Waals surface area contributed by atoms with Crippen molar-refractivity contribution in [2.45, 2.75) is 55.9 Å². The Kier molecular flexibility index (Phi) is 16.4. The average Bonchev–Trinajstić information content (AvgIpc) is 3.04. The lowest BCUT2D eigenvalue weighted by Crippen LogP contribution is -2.51. The molecule has 0 radical (unpaired) electrons. The van der Waals surface area contributed by atoms with E-state index in [-0.39, 0.29) is 55.3 Å². The van der Waals surface area contributed by atoms with Gasteiger partial charge >= 0.3 is 0 Å². The molecule has 2 aromatic rings. The molecule has 2 rings (SSSR count). The van der Waals surface area contributed by atoms with Crippen LogP contribution >= 0.6 is 11.6 Å². The molecule has 1 aromatic carbocycles. The highest BCUT2D eigenvalue weighted by Gasteiger charge is 2.30. The van der Waals surface area contributed by atoms with Crippen LogP contribution in [0.25, 0.3) is 0 Å². The van der Waals surface area contributed by atoms with E-state index in [0.717, 1.165) is 10.5 Å². The maximum Gasteiger partial charge on any atom is 0.283 e. The number of nitrogens with one attached hydrogen (secondary N) is 1. The van der Waals surface area contributed by atoms with Crippen LogP contribution in [-0.4, -0.2) is 155 Å². The molecule has 0 aliphatic rings. The fraction of sp³-hybridized carbons (Fsp3) is 0.571. The predicted octanol–water partition coefficient (Wildman–Crippen LogP) is -3.52. The van der Waals surface area contributed by atoms with E-state index in [1.165, 1.54) is 4.90 Å². The van der Waals surface area contributed by atoms with E-state index in [1.807, 2.05) is 12.1 Å². The van der Waals surface area contributed by atoms with Crippen molar-refractivity contribution in [1.29, 1.82) is 5.41 Å². The van der Waals surface area contributed by atoms with E-state index in [4.69, 9.17) is 49.2 Å². The van der Waals surface area contributed by atoms with Crippen LogP contribution in [0.4, 0.5) is 11.6 Å². The number of rotatable bonds is 20. The standard InChI is InChI=1S/C28H45ClN8O10/c29-24-26(31)35-25(30)21(34-24)27(46)37(28(32)33)8-2-1-3-15-4-6-16(7-5-15)47-10-9-36(11-17(40)22(44)19(42)13-38)12-18(41)23(45)20(43)14-39/h4-7,17-20,22-23,38-45H,1-3,8-14H2,(H3,32,33)(H4,30,31,35)/t17-,18-,19-,20-,22+,23+/m1/s1. The number of ether oxygens (including phenoxy) is 1. The van der Waals surface area contributed by atoms with Gasteiger partial charge in [0.15, 0.2) is 28.4 Å². The molecule has 6 atom stereocenters. The van der Waals surface area contributed by atoms with Gasteiger partial charge < -0.3 is 62.8 Å². The smallest absolute Gasteiger partial charge is 0.283 e. The van der Waals surface area contributed by atoms with Gasteiger partial charge in [-0.1, -0.05) is 23.7 Å². The molecule has 0 spiro atoms. The number of aliphatic hydroxyl groups is 8. The molecule has 1 amide bonds. The average molecular weight is 689 g/mol. The van der Waals surface area contributed by atoms with Crippen LogP contribution in [-0.2, 0) is 6.42 Å². The number of aliphatic hydroxyl groups excluding tert-OH is 8. The maximum atomic E-state index is 12.9. The molecular weight excluding hydrogens is 644 g/mol. The highest BCUT2D eigenvalue weighted by atomic mass is 35.5. The SMILES string of the molecule is N=C(N)N(CCCCc1ccc(OCCN(C[C@@H](O)[C@H](O)[C@H](O)CO)C[C@@H](O)[C@H](O)[C@H](O)CO)cc1)C(=O)c1nc(Cl)c(N)nc1N. The summed E-state index contributed by atoms with van der Waals surface area (Å²) in [4.78, 5) is 22.9. The number of guanidine groups is 1. The van der Waals surface area contributed by atoms with Crippen LogP contribution in [0.3, 0.4) is 0 Å². The molecule has 1 aromatic heterocycles. The van der Waals surface area contributed by atoms with Crippen molar-refractivity contribution in [3.63, 3.8) is 0 Å². The van der Waals surface area contributed by atoms with Gasteiger partial charge in [0.05, 0.1) is 25.4 Å². The molecule has 0 fully saturated rings. The van der Waals surface area contributed by atoms with E-state index in [0.29, 0.717) is 25.0 Å². The molecule has 19 heteroatoms. The van der Waals surface area contributed by atoms with Crippen LogP contribution in [0.1, 0.15) is 28.9 Å². The first-order chi connectivity index (χ1) is 22.2. The van der Waals surface area contributed by atoms with Gasteiger partial charge in [0.1, 0.15) is 36.8 Å². The second-order valence-corrected chi connectivity index (χ2v) is 11.2. The van der Waals surface area contributed by atoms with Crippen molar-refractivity contribution in [2.24, 2.45) is 5.73 Å². The summed E-state index contributed by atoms with van der Waals surface area (Å²) in [6.07, 6.45) is -7.91. The number of halogens is 1. The Morgan fingerprint density at radius 3 is 1.91 bits per heavy atom. The van der Waals surface area contributed by atoms with Crippen LogP contribution in [0.2, 0.25) is 5.15 Å². The number of amides is 1. The molecule has 264 valence electrons. The molecule has 0 saturated heterocycles. The Morgan fingerprint density at radius 1 is 0.851 bits per heavy atom. The number of carbonyl (C=O) groups excluding carboxylic acids is 1. The van der Waals surface area contributed by atoms with Crippen molar-refractivity contribution in [1.82, 2.24) is 19.8 Å². The van der Waals surface area contributed by atoms with Crippen molar-refractivity contribution < 1.29 is 50.4 Å². The minimum atomic E-state index is -1.69. The van der Waals surface area contributed by atoms with E-state index < -0.39 is 61.7 Å². The number of unbranched alkanes of at least 4 members (excludes halogenated alkanes) is 1. The fourth-order valence-corrected chi connectivity index (χ4v) is 4.56. The van der Waals surface area contributed by atoms with Crippen LogP contribution in [0.5, 0.6) is 5.75 Å². The Balaban J connectivity index is 1.91. The van der Waals surface area contributed by atoms with Gasteiger partial charge in [-0.05, 0) is 37.0 Å². The molecule has 0 saturated carbocycles. The van der Waals surface area contributed by atoms with E-state index in [9.17, 15) is 35.4 Å². The lowest BCUT2D eigenvalue weighted by molar-refractivity contribution is -0.101.